The van der Waals surface area contributed by atoms with E-state index in [-0.39, 0.29) is 11.5 Å². The van der Waals surface area contributed by atoms with E-state index in [0.717, 1.165) is 23.4 Å². The highest BCUT2D eigenvalue weighted by Crippen LogP contribution is 2.22. The van der Waals surface area contributed by atoms with Crippen LogP contribution in [-0.2, 0) is 13.1 Å². The average Bonchev–Trinajstić information content (AvgIpc) is 2.85. The molecule has 0 spiro atoms. The number of hydrogen-bond donors (Lipinski definition) is 0. The molecule has 0 aliphatic carbocycles. The largest absolute Gasteiger partial charge is 0.328 e. The van der Waals surface area contributed by atoms with E-state index >= 15 is 0 Å². The lowest BCUT2D eigenvalue weighted by Crippen LogP contribution is -2.25. The fourth-order valence-electron chi connectivity index (χ4n) is 2.06. The molecule has 4 nitrogen and oxygen atoms in total. The number of amides is 1. The van der Waals surface area contributed by atoms with Crippen molar-refractivity contribution < 1.29 is 13.6 Å². The fourth-order valence-corrected chi connectivity index (χ4v) is 2.06. The van der Waals surface area contributed by atoms with Crippen LogP contribution < -0.4 is 0 Å². The summed E-state index contributed by atoms with van der Waals surface area (Å²) in [5.74, 6) is -2.34. The summed E-state index contributed by atoms with van der Waals surface area (Å²) in [5.41, 5.74) is 1.78. The van der Waals surface area contributed by atoms with Gasteiger partial charge in [0, 0.05) is 23.9 Å². The number of fused-ring (bicyclic) bond motifs is 1. The number of halogens is 2. The third kappa shape index (κ3) is 2.05. The second-order valence-corrected chi connectivity index (χ2v) is 4.28. The first-order valence-electron chi connectivity index (χ1n) is 5.67. The molecule has 0 radical (unpaired) electrons. The lowest BCUT2D eigenvalue weighted by atomic mass is 10.2. The molecule has 1 amide bonds. The van der Waals surface area contributed by atoms with Gasteiger partial charge in [0.05, 0.1) is 12.2 Å². The number of hydrogen-bond acceptors (Lipinski definition) is 3. The number of carbonyl (C=O) groups is 1. The van der Waals surface area contributed by atoms with Crippen LogP contribution in [0.2, 0.25) is 0 Å². The summed E-state index contributed by atoms with van der Waals surface area (Å²) in [7, 11) is 0. The molecule has 6 heteroatoms. The molecule has 0 saturated heterocycles. The Bertz CT molecular complexity index is 635. The van der Waals surface area contributed by atoms with Gasteiger partial charge in [0.15, 0.2) is 11.6 Å². The van der Waals surface area contributed by atoms with Crippen molar-refractivity contribution in [3.63, 3.8) is 0 Å². The highest BCUT2D eigenvalue weighted by molar-refractivity contribution is 5.94. The van der Waals surface area contributed by atoms with Crippen LogP contribution in [0.3, 0.4) is 0 Å². The molecule has 1 aromatic carbocycles. The zero-order valence-electron chi connectivity index (χ0n) is 9.81. The Morgan fingerprint density at radius 2 is 2.05 bits per heavy atom. The van der Waals surface area contributed by atoms with Crippen molar-refractivity contribution in [3.05, 3.63) is 59.2 Å². The Morgan fingerprint density at radius 1 is 1.21 bits per heavy atom. The highest BCUT2D eigenvalue weighted by Gasteiger charge is 2.25. The third-order valence-corrected chi connectivity index (χ3v) is 3.04. The summed E-state index contributed by atoms with van der Waals surface area (Å²) in [6.07, 6.45) is 3.07. The number of nitrogens with zero attached hydrogens (tertiary/aromatic N) is 3. The van der Waals surface area contributed by atoms with E-state index in [2.05, 4.69) is 9.97 Å². The third-order valence-electron chi connectivity index (χ3n) is 3.04. The van der Waals surface area contributed by atoms with Gasteiger partial charge < -0.3 is 4.90 Å². The van der Waals surface area contributed by atoms with Gasteiger partial charge in [0.1, 0.15) is 6.33 Å². The van der Waals surface area contributed by atoms with Gasteiger partial charge >= 0.3 is 0 Å². The van der Waals surface area contributed by atoms with Crippen molar-refractivity contribution in [2.75, 3.05) is 0 Å². The van der Waals surface area contributed by atoms with Crippen LogP contribution in [0, 0.1) is 11.6 Å². The Balaban J connectivity index is 1.85. The smallest absolute Gasteiger partial charge is 0.254 e. The summed E-state index contributed by atoms with van der Waals surface area (Å²) in [6, 6.07) is 3.13. The molecule has 19 heavy (non-hydrogen) atoms. The Labute approximate surface area is 107 Å². The number of carbonyl (C=O) groups excluding carboxylic acids is 1. The van der Waals surface area contributed by atoms with Crippen LogP contribution in [0.25, 0.3) is 0 Å². The van der Waals surface area contributed by atoms with Crippen LogP contribution in [0.1, 0.15) is 21.6 Å². The molecule has 2 heterocycles. The number of benzene rings is 1. The molecule has 96 valence electrons. The molecule has 1 aliphatic heterocycles. The first-order chi connectivity index (χ1) is 9.15. The van der Waals surface area contributed by atoms with Gasteiger partial charge in [0.2, 0.25) is 0 Å². The quantitative estimate of drug-likeness (QED) is 0.787. The van der Waals surface area contributed by atoms with Gasteiger partial charge in [-0.2, -0.15) is 0 Å². The van der Waals surface area contributed by atoms with Crippen molar-refractivity contribution in [3.8, 4) is 0 Å². The molecule has 0 N–H and O–H groups in total. The van der Waals surface area contributed by atoms with Gasteiger partial charge in [-0.1, -0.05) is 0 Å². The molecule has 1 aliphatic rings. The maximum atomic E-state index is 13.1. The second-order valence-electron chi connectivity index (χ2n) is 4.28. The molecule has 0 atom stereocenters. The summed E-state index contributed by atoms with van der Waals surface area (Å²) in [5, 5.41) is 0. The standard InChI is InChI=1S/C13H9F2N3O/c14-10-2-1-8(3-11(10)15)13(19)18-5-9-4-16-7-17-12(9)6-18/h1-4,7H,5-6H2. The molecule has 0 unspecified atom stereocenters. The summed E-state index contributed by atoms with van der Waals surface area (Å²) >= 11 is 0. The topological polar surface area (TPSA) is 46.1 Å². The summed E-state index contributed by atoms with van der Waals surface area (Å²) in [6.45, 7) is 0.740. The first-order valence-corrected chi connectivity index (χ1v) is 5.67. The van der Waals surface area contributed by atoms with Crippen LogP contribution in [0.15, 0.2) is 30.7 Å². The Kier molecular flexibility index (Phi) is 2.70. The van der Waals surface area contributed by atoms with Crippen molar-refractivity contribution in [2.24, 2.45) is 0 Å². The minimum absolute atomic E-state index is 0.125. The fraction of sp³-hybridized carbons (Fsp3) is 0.154. The van der Waals surface area contributed by atoms with Crippen molar-refractivity contribution in [1.82, 2.24) is 14.9 Å². The minimum Gasteiger partial charge on any atom is -0.328 e. The molecule has 0 bridgehead atoms. The molecule has 1 aromatic heterocycles. The maximum Gasteiger partial charge on any atom is 0.254 e. The van der Waals surface area contributed by atoms with Crippen LogP contribution in [0.5, 0.6) is 0 Å². The van der Waals surface area contributed by atoms with Gasteiger partial charge in [-0.15, -0.1) is 0 Å². The zero-order valence-corrected chi connectivity index (χ0v) is 9.81. The minimum atomic E-state index is -1.03. The Hall–Kier alpha value is -2.37. The van der Waals surface area contributed by atoms with Gasteiger partial charge in [0.25, 0.3) is 5.91 Å². The predicted octanol–water partition coefficient (Wildman–Crippen LogP) is 1.91. The number of aromatic nitrogens is 2. The number of rotatable bonds is 1. The van der Waals surface area contributed by atoms with Gasteiger partial charge in [-0.05, 0) is 18.2 Å². The van der Waals surface area contributed by atoms with E-state index in [0.29, 0.717) is 13.1 Å². The summed E-state index contributed by atoms with van der Waals surface area (Å²) in [4.78, 5) is 21.7. The van der Waals surface area contributed by atoms with Crippen molar-refractivity contribution in [1.29, 1.82) is 0 Å². The van der Waals surface area contributed by atoms with Gasteiger partial charge in [-0.25, -0.2) is 18.7 Å². The van der Waals surface area contributed by atoms with Crippen molar-refractivity contribution in [2.45, 2.75) is 13.1 Å². The van der Waals surface area contributed by atoms with Crippen LogP contribution in [0.4, 0.5) is 8.78 Å². The van der Waals surface area contributed by atoms with E-state index in [4.69, 9.17) is 0 Å². The van der Waals surface area contributed by atoms with Crippen LogP contribution >= 0.6 is 0 Å². The monoisotopic (exact) mass is 261 g/mol. The predicted molar refractivity (Wildman–Crippen MR) is 62.0 cm³/mol. The molecule has 0 fully saturated rings. The lowest BCUT2D eigenvalue weighted by Gasteiger charge is -2.15. The molecular formula is C13H9F2N3O. The zero-order chi connectivity index (χ0) is 13.4. The van der Waals surface area contributed by atoms with E-state index in [1.807, 2.05) is 0 Å². The van der Waals surface area contributed by atoms with Crippen molar-refractivity contribution >= 4 is 5.91 Å². The Morgan fingerprint density at radius 3 is 2.79 bits per heavy atom. The first kappa shape index (κ1) is 11.7. The normalized spacial score (nSPS) is 13.5. The highest BCUT2D eigenvalue weighted by atomic mass is 19.2. The molecular weight excluding hydrogens is 252 g/mol. The summed E-state index contributed by atoms with van der Waals surface area (Å²) < 4.78 is 26.0. The van der Waals surface area contributed by atoms with Gasteiger partial charge in [-0.3, -0.25) is 4.79 Å². The molecule has 0 saturated carbocycles. The molecule has 2 aromatic rings. The SMILES string of the molecule is O=C(c1ccc(F)c(F)c1)N1Cc2cncnc2C1. The van der Waals surface area contributed by atoms with Crippen LogP contribution in [-0.4, -0.2) is 20.8 Å². The van der Waals surface area contributed by atoms with E-state index in [9.17, 15) is 13.6 Å². The molecule has 3 rings (SSSR count). The van der Waals surface area contributed by atoms with E-state index < -0.39 is 11.6 Å². The lowest BCUT2D eigenvalue weighted by molar-refractivity contribution is 0.0750. The van der Waals surface area contributed by atoms with E-state index in [1.54, 1.807) is 6.20 Å². The maximum absolute atomic E-state index is 13.1. The van der Waals surface area contributed by atoms with E-state index in [1.165, 1.54) is 17.3 Å². The average molecular weight is 261 g/mol. The second kappa shape index (κ2) is 4.38.